The maximum atomic E-state index is 11.3. The highest BCUT2D eigenvalue weighted by molar-refractivity contribution is 7.91. The minimum Gasteiger partial charge on any atom is -0.481 e. The van der Waals surface area contributed by atoms with Crippen molar-refractivity contribution in [2.24, 2.45) is 5.92 Å². The summed E-state index contributed by atoms with van der Waals surface area (Å²) in [6.07, 6.45) is 1.96. The number of likely N-dealkylation sites (tertiary alicyclic amines) is 1. The van der Waals surface area contributed by atoms with Crippen LogP contribution in [0, 0.1) is 5.92 Å². The van der Waals surface area contributed by atoms with Gasteiger partial charge in [0.25, 0.3) is 0 Å². The predicted octanol–water partition coefficient (Wildman–Crippen LogP) is 0.608. The van der Waals surface area contributed by atoms with Gasteiger partial charge in [-0.15, -0.1) is 0 Å². The average Bonchev–Trinajstić information content (AvgIpc) is 2.28. The highest BCUT2D eigenvalue weighted by atomic mass is 32.2. The molecule has 1 aliphatic rings. The number of hydrogen-bond acceptors (Lipinski definition) is 4. The van der Waals surface area contributed by atoms with Gasteiger partial charge in [-0.2, -0.15) is 0 Å². The number of aliphatic carboxylic acids is 1. The van der Waals surface area contributed by atoms with E-state index in [9.17, 15) is 13.2 Å². The van der Waals surface area contributed by atoms with Gasteiger partial charge in [-0.05, 0) is 31.8 Å². The molecule has 1 heterocycles. The normalized spacial score (nSPS) is 19.4. The Morgan fingerprint density at radius 1 is 1.35 bits per heavy atom. The van der Waals surface area contributed by atoms with Crippen LogP contribution in [0.1, 0.15) is 26.2 Å². The molecule has 17 heavy (non-hydrogen) atoms. The molecule has 0 atom stereocenters. The molecule has 1 N–H and O–H groups in total. The van der Waals surface area contributed by atoms with Gasteiger partial charge in [0, 0.05) is 18.7 Å². The lowest BCUT2D eigenvalue weighted by atomic mass is 9.94. The van der Waals surface area contributed by atoms with E-state index in [0.29, 0.717) is 6.54 Å². The first-order valence-electron chi connectivity index (χ1n) is 6.07. The maximum absolute atomic E-state index is 11.3. The van der Waals surface area contributed by atoms with Gasteiger partial charge in [-0.3, -0.25) is 4.79 Å². The van der Waals surface area contributed by atoms with Crippen LogP contribution in [0.15, 0.2) is 0 Å². The summed E-state index contributed by atoms with van der Waals surface area (Å²) in [6, 6.07) is 0. The zero-order valence-electron chi connectivity index (χ0n) is 10.3. The molecule has 100 valence electrons. The van der Waals surface area contributed by atoms with E-state index in [1.165, 1.54) is 0 Å². The monoisotopic (exact) mass is 263 g/mol. The lowest BCUT2D eigenvalue weighted by Gasteiger charge is -2.31. The number of hydrogen-bond donors (Lipinski definition) is 1. The Bertz CT molecular complexity index is 344. The summed E-state index contributed by atoms with van der Waals surface area (Å²) in [4.78, 5) is 12.7. The lowest BCUT2D eigenvalue weighted by Crippen LogP contribution is -2.37. The van der Waals surface area contributed by atoms with Gasteiger partial charge in [-0.1, -0.05) is 6.92 Å². The Morgan fingerprint density at radius 2 is 1.94 bits per heavy atom. The summed E-state index contributed by atoms with van der Waals surface area (Å²) < 4.78 is 22.7. The highest BCUT2D eigenvalue weighted by Crippen LogP contribution is 2.20. The zero-order chi connectivity index (χ0) is 12.9. The number of piperidine rings is 1. The maximum Gasteiger partial charge on any atom is 0.303 e. The summed E-state index contributed by atoms with van der Waals surface area (Å²) in [5.41, 5.74) is 0. The average molecular weight is 263 g/mol. The third kappa shape index (κ3) is 5.50. The van der Waals surface area contributed by atoms with Crippen LogP contribution in [-0.4, -0.2) is 55.5 Å². The quantitative estimate of drug-likeness (QED) is 0.760. The second kappa shape index (κ2) is 6.35. The second-order valence-corrected chi connectivity index (χ2v) is 7.09. The summed E-state index contributed by atoms with van der Waals surface area (Å²) in [5.74, 6) is -0.0706. The predicted molar refractivity (Wildman–Crippen MR) is 65.7 cm³/mol. The van der Waals surface area contributed by atoms with Crippen LogP contribution in [-0.2, 0) is 14.6 Å². The van der Waals surface area contributed by atoms with Gasteiger partial charge in [0.15, 0.2) is 9.84 Å². The van der Waals surface area contributed by atoms with Gasteiger partial charge in [0.1, 0.15) is 0 Å². The van der Waals surface area contributed by atoms with Crippen LogP contribution < -0.4 is 0 Å². The standard InChI is InChI=1S/C11H21NO4S/c1-2-17(15,16)8-7-12-5-3-10(4-6-12)9-11(13)14/h10H,2-9H2,1H3,(H,13,14). The van der Waals surface area contributed by atoms with Crippen LogP contribution in [0.2, 0.25) is 0 Å². The summed E-state index contributed by atoms with van der Waals surface area (Å²) in [7, 11) is -2.89. The van der Waals surface area contributed by atoms with Gasteiger partial charge >= 0.3 is 5.97 Å². The fourth-order valence-electron chi connectivity index (χ4n) is 2.07. The molecule has 0 aromatic rings. The first-order chi connectivity index (χ1) is 7.93. The number of nitrogens with zero attached hydrogens (tertiary/aromatic N) is 1. The van der Waals surface area contributed by atoms with Crippen molar-refractivity contribution in [3.63, 3.8) is 0 Å². The number of rotatable bonds is 6. The summed E-state index contributed by atoms with van der Waals surface area (Å²) in [5, 5.41) is 8.68. The smallest absolute Gasteiger partial charge is 0.303 e. The molecular weight excluding hydrogens is 242 g/mol. The molecule has 0 radical (unpaired) electrons. The third-order valence-electron chi connectivity index (χ3n) is 3.33. The van der Waals surface area contributed by atoms with Crippen molar-refractivity contribution in [1.29, 1.82) is 0 Å². The molecule has 0 aromatic heterocycles. The number of carboxylic acids is 1. The van der Waals surface area contributed by atoms with Crippen molar-refractivity contribution in [1.82, 2.24) is 4.90 Å². The van der Waals surface area contributed by atoms with Crippen molar-refractivity contribution < 1.29 is 18.3 Å². The van der Waals surface area contributed by atoms with Crippen molar-refractivity contribution in [3.05, 3.63) is 0 Å². The molecule has 0 saturated carbocycles. The van der Waals surface area contributed by atoms with E-state index in [2.05, 4.69) is 4.90 Å². The van der Waals surface area contributed by atoms with Crippen molar-refractivity contribution in [2.75, 3.05) is 31.1 Å². The number of carbonyl (C=O) groups is 1. The van der Waals surface area contributed by atoms with Gasteiger partial charge in [0.05, 0.1) is 5.75 Å². The molecule has 0 spiro atoms. The van der Waals surface area contributed by atoms with Crippen molar-refractivity contribution in [2.45, 2.75) is 26.2 Å². The molecule has 0 bridgehead atoms. The minimum absolute atomic E-state index is 0.197. The SMILES string of the molecule is CCS(=O)(=O)CCN1CCC(CC(=O)O)CC1. The molecule has 0 amide bonds. The second-order valence-electron chi connectivity index (χ2n) is 4.62. The molecular formula is C11H21NO4S. The Morgan fingerprint density at radius 3 is 2.41 bits per heavy atom. The Labute approximate surface area is 103 Å². The fourth-order valence-corrected chi connectivity index (χ4v) is 2.90. The third-order valence-corrected chi connectivity index (χ3v) is 5.01. The largest absolute Gasteiger partial charge is 0.481 e. The van der Waals surface area contributed by atoms with Crippen LogP contribution >= 0.6 is 0 Å². The van der Waals surface area contributed by atoms with Crippen molar-refractivity contribution >= 4 is 15.8 Å². The molecule has 1 rings (SSSR count). The van der Waals surface area contributed by atoms with E-state index < -0.39 is 15.8 Å². The topological polar surface area (TPSA) is 74.7 Å². The number of sulfone groups is 1. The van der Waals surface area contributed by atoms with E-state index in [0.717, 1.165) is 25.9 Å². The number of carboxylic acid groups (broad SMARTS) is 1. The van der Waals surface area contributed by atoms with Crippen LogP contribution in [0.5, 0.6) is 0 Å². The molecule has 1 saturated heterocycles. The molecule has 0 aliphatic carbocycles. The van der Waals surface area contributed by atoms with E-state index in [4.69, 9.17) is 5.11 Å². The Kier molecular flexibility index (Phi) is 5.39. The van der Waals surface area contributed by atoms with Gasteiger partial charge in [-0.25, -0.2) is 8.42 Å². The van der Waals surface area contributed by atoms with E-state index >= 15 is 0 Å². The summed E-state index contributed by atoms with van der Waals surface area (Å²) >= 11 is 0. The zero-order valence-corrected chi connectivity index (χ0v) is 11.1. The van der Waals surface area contributed by atoms with Gasteiger partial charge in [0.2, 0.25) is 0 Å². The highest BCUT2D eigenvalue weighted by Gasteiger charge is 2.22. The fraction of sp³-hybridized carbons (Fsp3) is 0.909. The lowest BCUT2D eigenvalue weighted by molar-refractivity contribution is -0.138. The van der Waals surface area contributed by atoms with Crippen LogP contribution in [0.4, 0.5) is 0 Å². The van der Waals surface area contributed by atoms with E-state index in [1.807, 2.05) is 0 Å². The first-order valence-corrected chi connectivity index (χ1v) is 7.89. The molecule has 5 nitrogen and oxygen atoms in total. The van der Waals surface area contributed by atoms with E-state index in [-0.39, 0.29) is 23.8 Å². The molecule has 0 unspecified atom stereocenters. The summed E-state index contributed by atoms with van der Waals surface area (Å²) in [6.45, 7) is 3.87. The molecule has 1 fully saturated rings. The van der Waals surface area contributed by atoms with Crippen LogP contribution in [0.25, 0.3) is 0 Å². The van der Waals surface area contributed by atoms with Gasteiger partial charge < -0.3 is 10.0 Å². The molecule has 1 aliphatic heterocycles. The van der Waals surface area contributed by atoms with Crippen LogP contribution in [0.3, 0.4) is 0 Å². The minimum atomic E-state index is -2.89. The van der Waals surface area contributed by atoms with Crippen molar-refractivity contribution in [3.8, 4) is 0 Å². The molecule has 0 aromatic carbocycles. The Balaban J connectivity index is 2.26. The first kappa shape index (κ1) is 14.4. The Hall–Kier alpha value is -0.620. The molecule has 6 heteroatoms. The van der Waals surface area contributed by atoms with E-state index in [1.54, 1.807) is 6.92 Å².